The third-order valence-corrected chi connectivity index (χ3v) is 4.67. The number of carbonyl (C=O) groups excluding carboxylic acids is 1. The van der Waals surface area contributed by atoms with Gasteiger partial charge in [0.15, 0.2) is 0 Å². The first kappa shape index (κ1) is 15.1. The van der Waals surface area contributed by atoms with Crippen LogP contribution >= 0.6 is 11.8 Å². The SMILES string of the molecule is O=C(CC1CSCCN1)NCc1ccc(-n2cncn2)cc1. The molecule has 1 aliphatic heterocycles. The summed E-state index contributed by atoms with van der Waals surface area (Å²) in [5.74, 6) is 2.25. The van der Waals surface area contributed by atoms with Crippen molar-refractivity contribution in [2.45, 2.75) is 19.0 Å². The molecule has 1 fully saturated rings. The van der Waals surface area contributed by atoms with E-state index in [0.717, 1.165) is 29.3 Å². The third kappa shape index (κ3) is 4.08. The zero-order valence-corrected chi connectivity index (χ0v) is 13.1. The number of nitrogens with zero attached hydrogens (tertiary/aromatic N) is 3. The first-order chi connectivity index (χ1) is 10.8. The van der Waals surface area contributed by atoms with Gasteiger partial charge in [0, 0.05) is 37.1 Å². The van der Waals surface area contributed by atoms with Gasteiger partial charge in [0.1, 0.15) is 12.7 Å². The molecule has 2 aromatic rings. The molecule has 1 aromatic heterocycles. The number of nitrogens with one attached hydrogen (secondary N) is 2. The van der Waals surface area contributed by atoms with E-state index < -0.39 is 0 Å². The summed E-state index contributed by atoms with van der Waals surface area (Å²) in [5.41, 5.74) is 2.03. The van der Waals surface area contributed by atoms with E-state index in [4.69, 9.17) is 0 Å². The smallest absolute Gasteiger partial charge is 0.221 e. The molecule has 1 amide bonds. The molecule has 2 heterocycles. The second-order valence-corrected chi connectivity index (χ2v) is 6.36. The molecule has 7 heteroatoms. The maximum absolute atomic E-state index is 12.0. The molecule has 1 saturated heterocycles. The van der Waals surface area contributed by atoms with E-state index in [1.807, 2.05) is 36.0 Å². The molecule has 3 rings (SSSR count). The minimum Gasteiger partial charge on any atom is -0.352 e. The van der Waals surface area contributed by atoms with Crippen molar-refractivity contribution in [3.63, 3.8) is 0 Å². The van der Waals surface area contributed by atoms with E-state index in [-0.39, 0.29) is 5.91 Å². The summed E-state index contributed by atoms with van der Waals surface area (Å²) in [6.45, 7) is 1.54. The molecule has 0 aliphatic carbocycles. The Kier molecular flexibility index (Phi) is 5.07. The van der Waals surface area contributed by atoms with Crippen molar-refractivity contribution in [3.05, 3.63) is 42.5 Å². The van der Waals surface area contributed by atoms with Crippen LogP contribution in [-0.4, -0.2) is 44.8 Å². The van der Waals surface area contributed by atoms with Crippen LogP contribution < -0.4 is 10.6 Å². The van der Waals surface area contributed by atoms with Gasteiger partial charge in [-0.1, -0.05) is 12.1 Å². The fraction of sp³-hybridized carbons (Fsp3) is 0.400. The van der Waals surface area contributed by atoms with Crippen molar-refractivity contribution in [1.82, 2.24) is 25.4 Å². The molecule has 116 valence electrons. The van der Waals surface area contributed by atoms with Gasteiger partial charge in [-0.25, -0.2) is 9.67 Å². The van der Waals surface area contributed by atoms with Gasteiger partial charge in [-0.2, -0.15) is 16.9 Å². The van der Waals surface area contributed by atoms with Gasteiger partial charge < -0.3 is 10.6 Å². The summed E-state index contributed by atoms with van der Waals surface area (Å²) in [7, 11) is 0. The van der Waals surface area contributed by atoms with E-state index in [9.17, 15) is 4.79 Å². The van der Waals surface area contributed by atoms with Crippen molar-refractivity contribution in [1.29, 1.82) is 0 Å². The van der Waals surface area contributed by atoms with E-state index in [2.05, 4.69) is 20.7 Å². The van der Waals surface area contributed by atoms with Crippen molar-refractivity contribution >= 4 is 17.7 Å². The van der Waals surface area contributed by atoms with Gasteiger partial charge in [0.25, 0.3) is 0 Å². The number of hydrogen-bond acceptors (Lipinski definition) is 5. The lowest BCUT2D eigenvalue weighted by molar-refractivity contribution is -0.121. The predicted octanol–water partition coefficient (Wildman–Crippen LogP) is 0.979. The van der Waals surface area contributed by atoms with Gasteiger partial charge >= 0.3 is 0 Å². The maximum Gasteiger partial charge on any atom is 0.221 e. The number of rotatable bonds is 5. The molecule has 0 spiro atoms. The lowest BCUT2D eigenvalue weighted by Crippen LogP contribution is -2.41. The quantitative estimate of drug-likeness (QED) is 0.860. The Morgan fingerprint density at radius 3 is 2.95 bits per heavy atom. The summed E-state index contributed by atoms with van der Waals surface area (Å²) >= 11 is 1.90. The first-order valence-corrected chi connectivity index (χ1v) is 8.48. The Bertz CT molecular complexity index is 593. The molecule has 1 aliphatic rings. The number of amides is 1. The first-order valence-electron chi connectivity index (χ1n) is 7.33. The Balaban J connectivity index is 1.47. The second kappa shape index (κ2) is 7.42. The van der Waals surface area contributed by atoms with E-state index in [1.165, 1.54) is 6.33 Å². The lowest BCUT2D eigenvalue weighted by atomic mass is 10.2. The van der Waals surface area contributed by atoms with E-state index >= 15 is 0 Å². The van der Waals surface area contributed by atoms with Crippen LogP contribution in [0.1, 0.15) is 12.0 Å². The van der Waals surface area contributed by atoms with Crippen LogP contribution in [0.5, 0.6) is 0 Å². The minimum atomic E-state index is 0.0975. The van der Waals surface area contributed by atoms with Gasteiger partial charge in [-0.3, -0.25) is 4.79 Å². The fourth-order valence-electron chi connectivity index (χ4n) is 2.36. The Hall–Kier alpha value is -1.86. The molecule has 6 nitrogen and oxygen atoms in total. The van der Waals surface area contributed by atoms with Gasteiger partial charge in [0.2, 0.25) is 5.91 Å². The summed E-state index contributed by atoms with van der Waals surface area (Å²) in [6.07, 6.45) is 3.71. The van der Waals surface area contributed by atoms with Crippen molar-refractivity contribution in [2.24, 2.45) is 0 Å². The zero-order chi connectivity index (χ0) is 15.2. The molecule has 1 atom stereocenters. The summed E-state index contributed by atoms with van der Waals surface area (Å²) in [4.78, 5) is 15.9. The highest BCUT2D eigenvalue weighted by Gasteiger charge is 2.16. The van der Waals surface area contributed by atoms with Crippen LogP contribution in [0.25, 0.3) is 5.69 Å². The Labute approximate surface area is 133 Å². The van der Waals surface area contributed by atoms with Crippen molar-refractivity contribution < 1.29 is 4.79 Å². The van der Waals surface area contributed by atoms with Gasteiger partial charge in [-0.15, -0.1) is 0 Å². The predicted molar refractivity (Wildman–Crippen MR) is 86.9 cm³/mol. The standard InChI is InChI=1S/C15H19N5OS/c21-15(7-13-9-22-6-5-17-13)18-8-12-1-3-14(4-2-12)20-11-16-10-19-20/h1-4,10-11,13,17H,5-9H2,(H,18,21). The number of benzene rings is 1. The number of hydrogen-bond donors (Lipinski definition) is 2. The number of carbonyl (C=O) groups is 1. The molecule has 1 unspecified atom stereocenters. The van der Waals surface area contributed by atoms with Crippen LogP contribution in [0.3, 0.4) is 0 Å². The molecular weight excluding hydrogens is 298 g/mol. The maximum atomic E-state index is 12.0. The molecule has 2 N–H and O–H groups in total. The molecule has 0 radical (unpaired) electrons. The fourth-order valence-corrected chi connectivity index (χ4v) is 3.30. The summed E-state index contributed by atoms with van der Waals surface area (Å²) < 4.78 is 1.70. The minimum absolute atomic E-state index is 0.0975. The Morgan fingerprint density at radius 1 is 1.41 bits per heavy atom. The zero-order valence-electron chi connectivity index (χ0n) is 12.2. The second-order valence-electron chi connectivity index (χ2n) is 5.21. The van der Waals surface area contributed by atoms with Crippen LogP contribution in [-0.2, 0) is 11.3 Å². The molecule has 1 aromatic carbocycles. The summed E-state index contributed by atoms with van der Waals surface area (Å²) in [5, 5.41) is 10.4. The highest BCUT2D eigenvalue weighted by atomic mass is 32.2. The molecule has 0 bridgehead atoms. The average Bonchev–Trinajstić information content (AvgIpc) is 3.09. The monoisotopic (exact) mass is 317 g/mol. The number of aromatic nitrogens is 3. The van der Waals surface area contributed by atoms with Gasteiger partial charge in [0.05, 0.1) is 5.69 Å². The van der Waals surface area contributed by atoms with E-state index in [0.29, 0.717) is 19.0 Å². The molecule has 0 saturated carbocycles. The molecular formula is C15H19N5OS. The Morgan fingerprint density at radius 2 is 2.27 bits per heavy atom. The highest BCUT2D eigenvalue weighted by Crippen LogP contribution is 2.11. The number of thioether (sulfide) groups is 1. The van der Waals surface area contributed by atoms with E-state index in [1.54, 1.807) is 11.0 Å². The van der Waals surface area contributed by atoms with Crippen molar-refractivity contribution in [3.8, 4) is 5.69 Å². The van der Waals surface area contributed by atoms with Crippen LogP contribution in [0, 0.1) is 0 Å². The summed E-state index contributed by atoms with van der Waals surface area (Å²) in [6, 6.07) is 8.22. The topological polar surface area (TPSA) is 71.8 Å². The highest BCUT2D eigenvalue weighted by molar-refractivity contribution is 7.99. The third-order valence-electron chi connectivity index (χ3n) is 3.54. The average molecular weight is 317 g/mol. The van der Waals surface area contributed by atoms with Crippen LogP contribution in [0.4, 0.5) is 0 Å². The molecule has 22 heavy (non-hydrogen) atoms. The van der Waals surface area contributed by atoms with Crippen LogP contribution in [0.15, 0.2) is 36.9 Å². The normalized spacial score (nSPS) is 18.1. The lowest BCUT2D eigenvalue weighted by Gasteiger charge is -2.22. The van der Waals surface area contributed by atoms with Crippen LogP contribution in [0.2, 0.25) is 0 Å². The van der Waals surface area contributed by atoms with Crippen molar-refractivity contribution in [2.75, 3.05) is 18.1 Å². The van der Waals surface area contributed by atoms with Gasteiger partial charge in [-0.05, 0) is 17.7 Å². The largest absolute Gasteiger partial charge is 0.352 e.